The van der Waals surface area contributed by atoms with E-state index in [1.165, 1.54) is 19.1 Å². The Labute approximate surface area is 98.6 Å². The van der Waals surface area contributed by atoms with Gasteiger partial charge in [0.25, 0.3) is 9.05 Å². The van der Waals surface area contributed by atoms with Gasteiger partial charge in [-0.15, -0.1) is 0 Å². The summed E-state index contributed by atoms with van der Waals surface area (Å²) < 4.78 is 26.6. The summed E-state index contributed by atoms with van der Waals surface area (Å²) >= 11 is 0. The molecule has 0 heterocycles. The van der Waals surface area contributed by atoms with E-state index >= 15 is 0 Å². The van der Waals surface area contributed by atoms with E-state index in [4.69, 9.17) is 15.4 Å². The number of hydrogen-bond donors (Lipinski definition) is 0. The predicted molar refractivity (Wildman–Crippen MR) is 59.8 cm³/mol. The van der Waals surface area contributed by atoms with Gasteiger partial charge in [-0.3, -0.25) is 4.79 Å². The summed E-state index contributed by atoms with van der Waals surface area (Å²) in [5, 5.41) is 0. The van der Waals surface area contributed by atoms with Crippen LogP contribution >= 0.6 is 10.7 Å². The van der Waals surface area contributed by atoms with E-state index in [9.17, 15) is 13.2 Å². The lowest BCUT2D eigenvalue weighted by atomic mass is 10.2. The molecule has 0 aliphatic carbocycles. The first kappa shape index (κ1) is 13.0. The van der Waals surface area contributed by atoms with Crippen LogP contribution in [0.1, 0.15) is 12.5 Å². The Hall–Kier alpha value is -1.07. The van der Waals surface area contributed by atoms with Crippen molar-refractivity contribution in [2.75, 3.05) is 6.61 Å². The quantitative estimate of drug-likeness (QED) is 0.612. The molecule has 4 nitrogen and oxygen atoms in total. The average Bonchev–Trinajstić information content (AvgIpc) is 2.16. The smallest absolute Gasteiger partial charge is 0.302 e. The van der Waals surface area contributed by atoms with Crippen molar-refractivity contribution in [1.29, 1.82) is 0 Å². The highest BCUT2D eigenvalue weighted by molar-refractivity contribution is 8.13. The van der Waals surface area contributed by atoms with Crippen LogP contribution < -0.4 is 0 Å². The molecule has 0 radical (unpaired) electrons. The highest BCUT2D eigenvalue weighted by Gasteiger charge is 2.08. The lowest BCUT2D eigenvalue weighted by Gasteiger charge is -2.02. The number of benzene rings is 1. The summed E-state index contributed by atoms with van der Waals surface area (Å²) in [4.78, 5) is 10.6. The molecule has 0 atom stereocenters. The number of rotatable bonds is 4. The minimum atomic E-state index is -3.67. The van der Waals surface area contributed by atoms with Crippen molar-refractivity contribution in [3.63, 3.8) is 0 Å². The van der Waals surface area contributed by atoms with Crippen LogP contribution in [0, 0.1) is 0 Å². The van der Waals surface area contributed by atoms with Gasteiger partial charge < -0.3 is 4.74 Å². The van der Waals surface area contributed by atoms with E-state index in [1.807, 2.05) is 0 Å². The zero-order valence-electron chi connectivity index (χ0n) is 8.64. The first-order valence-electron chi connectivity index (χ1n) is 4.56. The number of halogens is 1. The van der Waals surface area contributed by atoms with Gasteiger partial charge in [0.2, 0.25) is 0 Å². The summed E-state index contributed by atoms with van der Waals surface area (Å²) in [6.45, 7) is 1.62. The molecule has 6 heteroatoms. The molecular formula is C10H11ClO4S. The Balaban J connectivity index is 2.62. The molecule has 0 bridgehead atoms. The SMILES string of the molecule is CC(=O)OCCc1ccc(S(=O)(=O)Cl)cc1. The number of carbonyl (C=O) groups is 1. The topological polar surface area (TPSA) is 60.4 Å². The number of esters is 1. The van der Waals surface area contributed by atoms with Crippen molar-refractivity contribution < 1.29 is 17.9 Å². The van der Waals surface area contributed by atoms with Crippen LogP contribution in [-0.4, -0.2) is 21.0 Å². The van der Waals surface area contributed by atoms with Crippen molar-refractivity contribution in [2.45, 2.75) is 18.2 Å². The lowest BCUT2D eigenvalue weighted by molar-refractivity contribution is -0.140. The zero-order valence-corrected chi connectivity index (χ0v) is 10.2. The van der Waals surface area contributed by atoms with Crippen molar-refractivity contribution >= 4 is 25.7 Å². The molecule has 0 amide bonds. The van der Waals surface area contributed by atoms with Gasteiger partial charge in [-0.05, 0) is 17.7 Å². The minimum Gasteiger partial charge on any atom is -0.466 e. The van der Waals surface area contributed by atoms with Gasteiger partial charge in [0.05, 0.1) is 11.5 Å². The van der Waals surface area contributed by atoms with Crippen LogP contribution in [-0.2, 0) is 25.0 Å². The average molecular weight is 263 g/mol. The molecule has 0 aromatic heterocycles. The molecule has 0 saturated carbocycles. The Morgan fingerprint density at radius 3 is 2.31 bits per heavy atom. The van der Waals surface area contributed by atoms with Gasteiger partial charge >= 0.3 is 5.97 Å². The fourth-order valence-electron chi connectivity index (χ4n) is 1.13. The Bertz CT molecular complexity index is 464. The zero-order chi connectivity index (χ0) is 12.2. The van der Waals surface area contributed by atoms with E-state index in [1.54, 1.807) is 12.1 Å². The summed E-state index contributed by atoms with van der Waals surface area (Å²) in [6, 6.07) is 6.12. The van der Waals surface area contributed by atoms with E-state index in [2.05, 4.69) is 0 Å². The summed E-state index contributed by atoms with van der Waals surface area (Å²) in [7, 11) is 1.49. The normalized spacial score (nSPS) is 11.1. The van der Waals surface area contributed by atoms with Gasteiger partial charge in [-0.2, -0.15) is 0 Å². The van der Waals surface area contributed by atoms with Gasteiger partial charge in [-0.1, -0.05) is 12.1 Å². The second-order valence-electron chi connectivity index (χ2n) is 3.17. The first-order valence-corrected chi connectivity index (χ1v) is 6.87. The monoisotopic (exact) mass is 262 g/mol. The standard InChI is InChI=1S/C10H11ClO4S/c1-8(12)15-7-6-9-2-4-10(5-3-9)16(11,13)14/h2-5H,6-7H2,1H3. The van der Waals surface area contributed by atoms with Crippen LogP contribution in [0.5, 0.6) is 0 Å². The maximum Gasteiger partial charge on any atom is 0.302 e. The molecule has 1 aromatic carbocycles. The van der Waals surface area contributed by atoms with Crippen molar-refractivity contribution in [1.82, 2.24) is 0 Å². The van der Waals surface area contributed by atoms with Crippen LogP contribution in [0.15, 0.2) is 29.2 Å². The highest BCUT2D eigenvalue weighted by Crippen LogP contribution is 2.15. The third-order valence-electron chi connectivity index (χ3n) is 1.90. The number of hydrogen-bond acceptors (Lipinski definition) is 4. The van der Waals surface area contributed by atoms with Crippen LogP contribution in [0.4, 0.5) is 0 Å². The Kier molecular flexibility index (Phi) is 4.32. The van der Waals surface area contributed by atoms with Gasteiger partial charge in [0.15, 0.2) is 0 Å². The second-order valence-corrected chi connectivity index (χ2v) is 5.74. The molecule has 0 aliphatic rings. The first-order chi connectivity index (χ1) is 7.39. The van der Waals surface area contributed by atoms with E-state index < -0.39 is 9.05 Å². The van der Waals surface area contributed by atoms with Crippen LogP contribution in [0.2, 0.25) is 0 Å². The molecule has 88 valence electrons. The number of ether oxygens (including phenoxy) is 1. The van der Waals surface area contributed by atoms with E-state index in [-0.39, 0.29) is 17.5 Å². The maximum atomic E-state index is 10.9. The summed E-state index contributed by atoms with van der Waals surface area (Å²) in [5.41, 5.74) is 0.880. The van der Waals surface area contributed by atoms with Crippen molar-refractivity contribution in [3.8, 4) is 0 Å². The van der Waals surface area contributed by atoms with Gasteiger partial charge in [0, 0.05) is 24.0 Å². The fourth-order valence-corrected chi connectivity index (χ4v) is 1.90. The molecular weight excluding hydrogens is 252 g/mol. The highest BCUT2D eigenvalue weighted by atomic mass is 35.7. The van der Waals surface area contributed by atoms with Crippen LogP contribution in [0.3, 0.4) is 0 Å². The molecule has 1 rings (SSSR count). The van der Waals surface area contributed by atoms with E-state index in [0.29, 0.717) is 6.42 Å². The minimum absolute atomic E-state index is 0.0606. The molecule has 0 spiro atoms. The summed E-state index contributed by atoms with van der Waals surface area (Å²) in [5.74, 6) is -0.333. The third-order valence-corrected chi connectivity index (χ3v) is 3.27. The second kappa shape index (κ2) is 5.32. The molecule has 16 heavy (non-hydrogen) atoms. The summed E-state index contributed by atoms with van der Waals surface area (Å²) in [6.07, 6.45) is 0.544. The molecule has 0 saturated heterocycles. The fraction of sp³-hybridized carbons (Fsp3) is 0.300. The van der Waals surface area contributed by atoms with Gasteiger partial charge in [-0.25, -0.2) is 8.42 Å². The molecule has 0 N–H and O–H groups in total. The van der Waals surface area contributed by atoms with Crippen LogP contribution in [0.25, 0.3) is 0 Å². The third kappa shape index (κ3) is 4.20. The molecule has 0 fully saturated rings. The van der Waals surface area contributed by atoms with Crippen molar-refractivity contribution in [2.24, 2.45) is 0 Å². The Morgan fingerprint density at radius 2 is 1.88 bits per heavy atom. The maximum absolute atomic E-state index is 10.9. The predicted octanol–water partition coefficient (Wildman–Crippen LogP) is 1.72. The number of carbonyl (C=O) groups excluding carboxylic acids is 1. The molecule has 1 aromatic rings. The largest absolute Gasteiger partial charge is 0.466 e. The Morgan fingerprint density at radius 1 is 1.31 bits per heavy atom. The molecule has 0 unspecified atom stereocenters. The van der Waals surface area contributed by atoms with Crippen molar-refractivity contribution in [3.05, 3.63) is 29.8 Å². The molecule has 0 aliphatic heterocycles. The van der Waals surface area contributed by atoms with Gasteiger partial charge in [0.1, 0.15) is 0 Å². The van der Waals surface area contributed by atoms with E-state index in [0.717, 1.165) is 5.56 Å². The lowest BCUT2D eigenvalue weighted by Crippen LogP contribution is -2.03.